The van der Waals surface area contributed by atoms with E-state index in [1.54, 1.807) is 0 Å². The van der Waals surface area contributed by atoms with Crippen molar-refractivity contribution >= 4 is 15.9 Å². The van der Waals surface area contributed by atoms with Crippen molar-refractivity contribution in [1.82, 2.24) is 0 Å². The Morgan fingerprint density at radius 1 is 1.43 bits per heavy atom. The van der Waals surface area contributed by atoms with E-state index in [2.05, 4.69) is 22.5 Å². The van der Waals surface area contributed by atoms with Crippen LogP contribution in [0.5, 0.6) is 0 Å². The first kappa shape index (κ1) is 7.01. The molecule has 0 aliphatic heterocycles. The molecule has 0 N–H and O–H groups in total. The molecule has 4 heteroatoms. The molecule has 0 aromatic heterocycles. The van der Waals surface area contributed by atoms with Gasteiger partial charge in [0.05, 0.1) is 4.48 Å². The largest absolute Gasteiger partial charge is 0.422 e. The van der Waals surface area contributed by atoms with Crippen LogP contribution in [0.2, 0.25) is 0 Å². The van der Waals surface area contributed by atoms with Gasteiger partial charge in [0.25, 0.3) is 0 Å². The average molecular weight is 174 g/mol. The van der Waals surface area contributed by atoms with Crippen LogP contribution in [0.15, 0.2) is 4.48 Å². The van der Waals surface area contributed by atoms with E-state index in [9.17, 15) is 13.2 Å². The molecule has 0 rings (SSSR count). The normalized spacial score (nSPS) is 11.4. The Hall–Kier alpha value is 0.01000. The van der Waals surface area contributed by atoms with Gasteiger partial charge in [0.1, 0.15) is 0 Å². The van der Waals surface area contributed by atoms with Gasteiger partial charge < -0.3 is 0 Å². The zero-order chi connectivity index (χ0) is 6.08. The molecule has 0 fully saturated rings. The average Bonchev–Trinajstić information content (AvgIpc) is 1.31. The molecule has 1 radical (unpaired) electrons. The Bertz CT molecular complexity index is 82.7. The van der Waals surface area contributed by atoms with Crippen molar-refractivity contribution in [2.45, 2.75) is 6.18 Å². The molecule has 0 saturated carbocycles. The summed E-state index contributed by atoms with van der Waals surface area (Å²) in [6, 6.07) is 0. The molecule has 0 spiro atoms. The van der Waals surface area contributed by atoms with Gasteiger partial charge in [0.15, 0.2) is 0 Å². The molecule has 0 aliphatic carbocycles. The standard InChI is InChI=1S/C3HBrF3/c1-2(4)3(5,6)7/h1H. The van der Waals surface area contributed by atoms with Crippen LogP contribution < -0.4 is 0 Å². The van der Waals surface area contributed by atoms with Crippen LogP contribution >= 0.6 is 15.9 Å². The summed E-state index contributed by atoms with van der Waals surface area (Å²) in [5.74, 6) is 0. The van der Waals surface area contributed by atoms with Crippen LogP contribution in [-0.2, 0) is 0 Å². The molecule has 0 atom stereocenters. The van der Waals surface area contributed by atoms with E-state index in [-0.39, 0.29) is 0 Å². The second kappa shape index (κ2) is 1.86. The number of alkyl halides is 3. The third-order valence-electron chi connectivity index (χ3n) is 0.271. The van der Waals surface area contributed by atoms with Gasteiger partial charge >= 0.3 is 6.18 Å². The Morgan fingerprint density at radius 2 is 1.57 bits per heavy atom. The van der Waals surface area contributed by atoms with Crippen LogP contribution in [0, 0.1) is 6.58 Å². The van der Waals surface area contributed by atoms with Gasteiger partial charge in [0, 0.05) is 0 Å². The first-order valence-corrected chi connectivity index (χ1v) is 2.09. The highest BCUT2D eigenvalue weighted by molar-refractivity contribution is 9.11. The third-order valence-corrected chi connectivity index (χ3v) is 0.720. The molecular weight excluding hydrogens is 173 g/mol. The fourth-order valence-corrected chi connectivity index (χ4v) is 0. The predicted molar refractivity (Wildman–Crippen MR) is 22.8 cm³/mol. The summed E-state index contributed by atoms with van der Waals surface area (Å²) in [6.07, 6.45) is -4.39. The minimum atomic E-state index is -4.39. The van der Waals surface area contributed by atoms with Crippen LogP contribution in [0.3, 0.4) is 0 Å². The van der Waals surface area contributed by atoms with Crippen molar-refractivity contribution in [3.8, 4) is 0 Å². The molecule has 0 aromatic carbocycles. The zero-order valence-corrected chi connectivity index (χ0v) is 4.68. The monoisotopic (exact) mass is 173 g/mol. The van der Waals surface area contributed by atoms with Gasteiger partial charge in [-0.2, -0.15) is 13.2 Å². The van der Waals surface area contributed by atoms with E-state index < -0.39 is 10.7 Å². The fourth-order valence-electron chi connectivity index (χ4n) is 0. The minimum absolute atomic E-state index is 1.19. The van der Waals surface area contributed by atoms with E-state index in [0.717, 1.165) is 0 Å². The molecule has 0 amide bonds. The van der Waals surface area contributed by atoms with Crippen LogP contribution in [0.4, 0.5) is 13.2 Å². The van der Waals surface area contributed by atoms with Crippen LogP contribution in [0.1, 0.15) is 0 Å². The summed E-state index contributed by atoms with van der Waals surface area (Å²) in [4.78, 5) is 0. The van der Waals surface area contributed by atoms with Crippen molar-refractivity contribution in [2.75, 3.05) is 0 Å². The highest BCUT2D eigenvalue weighted by atomic mass is 79.9. The number of hydrogen-bond donors (Lipinski definition) is 0. The highest BCUT2D eigenvalue weighted by Gasteiger charge is 2.29. The number of halogens is 4. The molecule has 7 heavy (non-hydrogen) atoms. The Balaban J connectivity index is 3.79. The van der Waals surface area contributed by atoms with Crippen molar-refractivity contribution in [2.24, 2.45) is 0 Å². The number of allylic oxidation sites excluding steroid dienone is 1. The topological polar surface area (TPSA) is 0 Å². The quantitative estimate of drug-likeness (QED) is 0.528. The lowest BCUT2D eigenvalue weighted by Crippen LogP contribution is -2.04. The lowest BCUT2D eigenvalue weighted by molar-refractivity contribution is -0.0828. The van der Waals surface area contributed by atoms with Crippen molar-refractivity contribution < 1.29 is 13.2 Å². The maximum atomic E-state index is 11.0. The molecule has 0 bridgehead atoms. The molecule has 0 unspecified atom stereocenters. The molecule has 0 aromatic rings. The Labute approximate surface area is 47.1 Å². The molecule has 41 valence electrons. The summed E-state index contributed by atoms with van der Waals surface area (Å²) in [7, 11) is 0. The van der Waals surface area contributed by atoms with E-state index >= 15 is 0 Å². The zero-order valence-electron chi connectivity index (χ0n) is 3.09. The van der Waals surface area contributed by atoms with E-state index in [0.29, 0.717) is 0 Å². The fraction of sp³-hybridized carbons (Fsp3) is 0.333. The Kier molecular flexibility index (Phi) is 1.86. The summed E-state index contributed by atoms with van der Waals surface area (Å²) in [5.41, 5.74) is 0. The maximum absolute atomic E-state index is 11.0. The van der Waals surface area contributed by atoms with Gasteiger partial charge in [-0.25, -0.2) is 0 Å². The Morgan fingerprint density at radius 3 is 1.57 bits per heavy atom. The number of rotatable bonds is 0. The summed E-state index contributed by atoms with van der Waals surface area (Å²) in [6.45, 7) is 4.28. The maximum Gasteiger partial charge on any atom is 0.422 e. The molecule has 0 aliphatic rings. The van der Waals surface area contributed by atoms with Crippen LogP contribution in [-0.4, -0.2) is 6.18 Å². The molecular formula is C3HBrF3. The van der Waals surface area contributed by atoms with Gasteiger partial charge in [-0.05, 0) is 22.5 Å². The second-order valence-corrected chi connectivity index (χ2v) is 1.70. The van der Waals surface area contributed by atoms with Gasteiger partial charge in [0.2, 0.25) is 0 Å². The molecule has 0 saturated heterocycles. The van der Waals surface area contributed by atoms with Gasteiger partial charge in [-0.15, -0.1) is 0 Å². The van der Waals surface area contributed by atoms with Crippen LogP contribution in [0.25, 0.3) is 0 Å². The first-order chi connectivity index (χ1) is 2.94. The van der Waals surface area contributed by atoms with Gasteiger partial charge in [-0.1, -0.05) is 0 Å². The molecule has 0 nitrogen and oxygen atoms in total. The van der Waals surface area contributed by atoms with Crippen molar-refractivity contribution in [3.63, 3.8) is 0 Å². The lowest BCUT2D eigenvalue weighted by atomic mass is 10.6. The predicted octanol–water partition coefficient (Wildman–Crippen LogP) is 2.26. The SMILES string of the molecule is [CH]=C(Br)C(F)(F)F. The minimum Gasteiger partial charge on any atom is -0.166 e. The summed E-state index contributed by atoms with van der Waals surface area (Å²) >= 11 is 2.06. The smallest absolute Gasteiger partial charge is 0.166 e. The van der Waals surface area contributed by atoms with Crippen molar-refractivity contribution in [3.05, 3.63) is 11.1 Å². The van der Waals surface area contributed by atoms with Crippen molar-refractivity contribution in [1.29, 1.82) is 0 Å². The van der Waals surface area contributed by atoms with E-state index in [1.165, 1.54) is 0 Å². The second-order valence-electron chi connectivity index (χ2n) is 0.846. The first-order valence-electron chi connectivity index (χ1n) is 1.29. The summed E-state index contributed by atoms with van der Waals surface area (Å²) < 4.78 is 31.7. The number of hydrogen-bond acceptors (Lipinski definition) is 0. The van der Waals surface area contributed by atoms with E-state index in [4.69, 9.17) is 0 Å². The third kappa shape index (κ3) is 2.68. The summed E-state index contributed by atoms with van der Waals surface area (Å²) in [5, 5.41) is 0. The highest BCUT2D eigenvalue weighted by Crippen LogP contribution is 2.27. The molecule has 0 heterocycles. The van der Waals surface area contributed by atoms with E-state index in [1.807, 2.05) is 0 Å². The lowest BCUT2D eigenvalue weighted by Gasteiger charge is -1.99. The van der Waals surface area contributed by atoms with Gasteiger partial charge in [-0.3, -0.25) is 0 Å².